The molecule has 1 aromatic carbocycles. The van der Waals surface area contributed by atoms with Crippen molar-refractivity contribution in [3.8, 4) is 0 Å². The number of ether oxygens (including phenoxy) is 1. The monoisotopic (exact) mass is 240 g/mol. The van der Waals surface area contributed by atoms with Crippen molar-refractivity contribution in [2.24, 2.45) is 4.99 Å². The summed E-state index contributed by atoms with van der Waals surface area (Å²) in [5, 5.41) is 0. The summed E-state index contributed by atoms with van der Waals surface area (Å²) in [5.41, 5.74) is 2.00. The third-order valence-corrected chi connectivity index (χ3v) is 2.58. The molecule has 1 atom stereocenters. The van der Waals surface area contributed by atoms with Gasteiger partial charge in [-0.3, -0.25) is 9.98 Å². The number of aliphatic imine (C=N–C) groups is 1. The van der Waals surface area contributed by atoms with Gasteiger partial charge in [-0.15, -0.1) is 0 Å². The molecule has 1 heterocycles. The van der Waals surface area contributed by atoms with Crippen molar-refractivity contribution in [1.82, 2.24) is 4.98 Å². The molecule has 1 unspecified atom stereocenters. The Bertz CT molecular complexity index is 482. The van der Waals surface area contributed by atoms with E-state index in [1.807, 2.05) is 36.4 Å². The summed E-state index contributed by atoms with van der Waals surface area (Å²) in [4.78, 5) is 8.76. The van der Waals surface area contributed by atoms with Crippen molar-refractivity contribution >= 4 is 6.21 Å². The van der Waals surface area contributed by atoms with E-state index in [0.29, 0.717) is 6.61 Å². The quantitative estimate of drug-likeness (QED) is 0.753. The van der Waals surface area contributed by atoms with Crippen molar-refractivity contribution in [3.05, 3.63) is 66.0 Å². The Labute approximate surface area is 107 Å². The number of methoxy groups -OCH3 is 1. The largest absolute Gasteiger partial charge is 0.382 e. The lowest BCUT2D eigenvalue weighted by Crippen LogP contribution is -2.04. The van der Waals surface area contributed by atoms with Gasteiger partial charge in [0.15, 0.2) is 0 Å². The van der Waals surface area contributed by atoms with Crippen LogP contribution in [0.1, 0.15) is 17.3 Å². The lowest BCUT2D eigenvalue weighted by molar-refractivity contribution is 0.182. The highest BCUT2D eigenvalue weighted by atomic mass is 16.5. The predicted molar refractivity (Wildman–Crippen MR) is 72.9 cm³/mol. The number of pyridine rings is 1. The van der Waals surface area contributed by atoms with Gasteiger partial charge in [0.2, 0.25) is 0 Å². The molecule has 0 bridgehead atoms. The molecule has 18 heavy (non-hydrogen) atoms. The Morgan fingerprint density at radius 1 is 1.17 bits per heavy atom. The number of hydrogen-bond acceptors (Lipinski definition) is 3. The van der Waals surface area contributed by atoms with Gasteiger partial charge in [0.1, 0.15) is 0 Å². The molecule has 0 amide bonds. The molecule has 0 spiro atoms. The van der Waals surface area contributed by atoms with Crippen LogP contribution in [0.4, 0.5) is 0 Å². The van der Waals surface area contributed by atoms with Crippen LogP contribution < -0.4 is 0 Å². The first-order valence-electron chi connectivity index (χ1n) is 5.88. The predicted octanol–water partition coefficient (Wildman–Crippen LogP) is 2.89. The van der Waals surface area contributed by atoms with E-state index in [-0.39, 0.29) is 6.04 Å². The zero-order chi connectivity index (χ0) is 12.6. The van der Waals surface area contributed by atoms with Crippen LogP contribution in [0.2, 0.25) is 0 Å². The minimum atomic E-state index is 0.0122. The lowest BCUT2D eigenvalue weighted by atomic mass is 10.1. The minimum absolute atomic E-state index is 0.0122. The summed E-state index contributed by atoms with van der Waals surface area (Å²) < 4.78 is 5.21. The number of aromatic nitrogens is 1. The minimum Gasteiger partial charge on any atom is -0.382 e. The Morgan fingerprint density at radius 2 is 1.94 bits per heavy atom. The van der Waals surface area contributed by atoms with E-state index in [1.54, 1.807) is 19.5 Å². The van der Waals surface area contributed by atoms with E-state index >= 15 is 0 Å². The van der Waals surface area contributed by atoms with E-state index in [2.05, 4.69) is 22.1 Å². The van der Waals surface area contributed by atoms with Gasteiger partial charge in [-0.2, -0.15) is 0 Å². The van der Waals surface area contributed by atoms with Crippen LogP contribution in [-0.4, -0.2) is 24.9 Å². The number of benzene rings is 1. The topological polar surface area (TPSA) is 34.5 Å². The average molecular weight is 240 g/mol. The second-order valence-corrected chi connectivity index (χ2v) is 3.91. The first-order chi connectivity index (χ1) is 8.90. The van der Waals surface area contributed by atoms with Crippen LogP contribution in [-0.2, 0) is 4.74 Å². The normalized spacial score (nSPS) is 12.7. The van der Waals surface area contributed by atoms with Crippen LogP contribution >= 0.6 is 0 Å². The van der Waals surface area contributed by atoms with Gasteiger partial charge >= 0.3 is 0 Å². The fourth-order valence-corrected chi connectivity index (χ4v) is 1.68. The molecule has 0 N–H and O–H groups in total. The van der Waals surface area contributed by atoms with Crippen LogP contribution in [0.15, 0.2) is 59.7 Å². The standard InChI is InChI=1S/C15H16N2O/c1-18-12-15(13-7-3-2-4-8-13)17-11-14-9-5-6-10-16-14/h2-11,15H,12H2,1H3. The molecule has 0 aliphatic carbocycles. The third-order valence-electron chi connectivity index (χ3n) is 2.58. The van der Waals surface area contributed by atoms with Crippen molar-refractivity contribution in [2.45, 2.75) is 6.04 Å². The Kier molecular flexibility index (Phi) is 4.61. The SMILES string of the molecule is COCC(N=Cc1ccccn1)c1ccccc1. The van der Waals surface area contributed by atoms with Gasteiger partial charge in [-0.25, -0.2) is 0 Å². The lowest BCUT2D eigenvalue weighted by Gasteiger charge is -2.11. The van der Waals surface area contributed by atoms with Crippen molar-refractivity contribution in [3.63, 3.8) is 0 Å². The van der Waals surface area contributed by atoms with Gasteiger partial charge < -0.3 is 4.74 Å². The third kappa shape index (κ3) is 3.50. The van der Waals surface area contributed by atoms with Crippen molar-refractivity contribution < 1.29 is 4.74 Å². The molecule has 3 heteroatoms. The molecule has 0 aliphatic rings. The molecule has 0 radical (unpaired) electrons. The van der Waals surface area contributed by atoms with Gasteiger partial charge in [0.05, 0.1) is 18.3 Å². The smallest absolute Gasteiger partial charge is 0.0983 e. The van der Waals surface area contributed by atoms with Crippen LogP contribution in [0, 0.1) is 0 Å². The molecule has 1 aromatic heterocycles. The van der Waals surface area contributed by atoms with Crippen molar-refractivity contribution in [1.29, 1.82) is 0 Å². The summed E-state index contributed by atoms with van der Waals surface area (Å²) in [7, 11) is 1.69. The van der Waals surface area contributed by atoms with E-state index in [0.717, 1.165) is 11.3 Å². The van der Waals surface area contributed by atoms with Gasteiger partial charge in [-0.1, -0.05) is 36.4 Å². The van der Waals surface area contributed by atoms with Crippen molar-refractivity contribution in [2.75, 3.05) is 13.7 Å². The first kappa shape index (κ1) is 12.5. The van der Waals surface area contributed by atoms with E-state index in [9.17, 15) is 0 Å². The maximum atomic E-state index is 5.21. The summed E-state index contributed by atoms with van der Waals surface area (Å²) in [6.07, 6.45) is 3.55. The Balaban J connectivity index is 2.14. The van der Waals surface area contributed by atoms with Gasteiger partial charge in [-0.05, 0) is 17.7 Å². The molecule has 0 aliphatic heterocycles. The highest BCUT2D eigenvalue weighted by Gasteiger charge is 2.07. The van der Waals surface area contributed by atoms with Crippen LogP contribution in [0.3, 0.4) is 0 Å². The van der Waals surface area contributed by atoms with Crippen LogP contribution in [0.5, 0.6) is 0 Å². The number of rotatable bonds is 5. The second-order valence-electron chi connectivity index (χ2n) is 3.91. The molecule has 0 fully saturated rings. The summed E-state index contributed by atoms with van der Waals surface area (Å²) >= 11 is 0. The van der Waals surface area contributed by atoms with Crippen LogP contribution in [0.25, 0.3) is 0 Å². The molecular formula is C15H16N2O. The molecule has 92 valence electrons. The fourth-order valence-electron chi connectivity index (χ4n) is 1.68. The number of hydrogen-bond donors (Lipinski definition) is 0. The Hall–Kier alpha value is -2.00. The maximum absolute atomic E-state index is 5.21. The molecule has 0 saturated heterocycles. The van der Waals surface area contributed by atoms with E-state index < -0.39 is 0 Å². The highest BCUT2D eigenvalue weighted by molar-refractivity contribution is 5.76. The summed E-state index contributed by atoms with van der Waals surface area (Å²) in [6.45, 7) is 0.563. The van der Waals surface area contributed by atoms with Gasteiger partial charge in [0, 0.05) is 19.5 Å². The fraction of sp³-hybridized carbons (Fsp3) is 0.200. The molecule has 0 saturated carbocycles. The summed E-state index contributed by atoms with van der Waals surface area (Å²) in [6, 6.07) is 15.9. The molecule has 2 aromatic rings. The molecule has 2 rings (SSSR count). The number of nitrogens with zero attached hydrogens (tertiary/aromatic N) is 2. The Morgan fingerprint density at radius 3 is 2.61 bits per heavy atom. The highest BCUT2D eigenvalue weighted by Crippen LogP contribution is 2.17. The maximum Gasteiger partial charge on any atom is 0.0983 e. The average Bonchev–Trinajstić information content (AvgIpc) is 2.45. The zero-order valence-electron chi connectivity index (χ0n) is 10.4. The van der Waals surface area contributed by atoms with E-state index in [4.69, 9.17) is 4.74 Å². The first-order valence-corrected chi connectivity index (χ1v) is 5.88. The van der Waals surface area contributed by atoms with Gasteiger partial charge in [0.25, 0.3) is 0 Å². The summed E-state index contributed by atoms with van der Waals surface area (Å²) in [5.74, 6) is 0. The zero-order valence-corrected chi connectivity index (χ0v) is 10.4. The molecular weight excluding hydrogens is 224 g/mol. The molecule has 3 nitrogen and oxygen atoms in total. The van der Waals surface area contributed by atoms with E-state index in [1.165, 1.54) is 0 Å². The second kappa shape index (κ2) is 6.67.